The lowest BCUT2D eigenvalue weighted by atomic mass is 10.00. The summed E-state index contributed by atoms with van der Waals surface area (Å²) in [6, 6.07) is 15.2. The van der Waals surface area contributed by atoms with Crippen molar-refractivity contribution in [2.75, 3.05) is 0 Å². The van der Waals surface area contributed by atoms with E-state index in [2.05, 4.69) is 15.4 Å². The van der Waals surface area contributed by atoms with Crippen molar-refractivity contribution in [3.8, 4) is 11.3 Å². The second-order valence-electron chi connectivity index (χ2n) is 8.50. The Kier molecular flexibility index (Phi) is 5.57. The van der Waals surface area contributed by atoms with Gasteiger partial charge in [0, 0.05) is 23.5 Å². The summed E-state index contributed by atoms with van der Waals surface area (Å²) < 4.78 is 5.60. The second kappa shape index (κ2) is 8.32. The first-order chi connectivity index (χ1) is 14.8. The van der Waals surface area contributed by atoms with Crippen LogP contribution in [0.1, 0.15) is 54.1 Å². The van der Waals surface area contributed by atoms with Crippen molar-refractivity contribution in [3.05, 3.63) is 89.4 Å². The Hall–Kier alpha value is -3.51. The van der Waals surface area contributed by atoms with Crippen LogP contribution in [0.25, 0.3) is 17.0 Å². The highest BCUT2D eigenvalue weighted by Gasteiger charge is 2.23. The number of aryl methyl sites for hydroxylation is 1. The number of aromatic nitrogens is 2. The van der Waals surface area contributed by atoms with Crippen LogP contribution in [0.4, 0.5) is 0 Å². The summed E-state index contributed by atoms with van der Waals surface area (Å²) in [5, 5.41) is 0. The molecule has 1 aliphatic rings. The number of hydrogen-bond donors (Lipinski definition) is 1. The van der Waals surface area contributed by atoms with Gasteiger partial charge in [-0.2, -0.15) is 0 Å². The minimum Gasteiger partial charge on any atom is -0.456 e. The molecule has 6 nitrogen and oxygen atoms in total. The van der Waals surface area contributed by atoms with Crippen molar-refractivity contribution in [1.82, 2.24) is 15.4 Å². The zero-order chi connectivity index (χ0) is 22.0. The van der Waals surface area contributed by atoms with Crippen LogP contribution in [0, 0.1) is 6.92 Å². The SMILES string of the molecule is Cc1ccc(-c2cc(C(=O)OC(C)(C)C)cc(C3=CC(c4ccccn4)ON3)c2)nc1. The van der Waals surface area contributed by atoms with E-state index >= 15 is 0 Å². The number of benzene rings is 1. The van der Waals surface area contributed by atoms with Gasteiger partial charge in [0.2, 0.25) is 0 Å². The molecule has 1 aromatic carbocycles. The standard InChI is InChI=1S/C25H25N3O3/c1-16-8-9-20(27-15-16)17-11-18(13-19(12-17)24(29)30-25(2,3)4)22-14-23(31-28-22)21-7-5-6-10-26-21/h5-15,23,28H,1-4H3. The molecule has 3 aromatic rings. The third kappa shape index (κ3) is 4.98. The third-order valence-corrected chi connectivity index (χ3v) is 4.68. The highest BCUT2D eigenvalue weighted by atomic mass is 16.7. The molecule has 4 rings (SSSR count). The Morgan fingerprint density at radius 1 is 1.06 bits per heavy atom. The summed E-state index contributed by atoms with van der Waals surface area (Å²) in [4.78, 5) is 27.4. The maximum absolute atomic E-state index is 12.8. The quantitative estimate of drug-likeness (QED) is 0.603. The summed E-state index contributed by atoms with van der Waals surface area (Å²) in [5.41, 5.74) is 7.86. The van der Waals surface area contributed by atoms with Crippen LogP contribution in [0.15, 0.2) is 67.0 Å². The zero-order valence-corrected chi connectivity index (χ0v) is 18.0. The maximum Gasteiger partial charge on any atom is 0.338 e. The highest BCUT2D eigenvalue weighted by molar-refractivity contribution is 5.93. The lowest BCUT2D eigenvalue weighted by Crippen LogP contribution is -2.24. The number of hydroxylamine groups is 1. The number of nitrogens with one attached hydrogen (secondary N) is 1. The smallest absolute Gasteiger partial charge is 0.338 e. The van der Waals surface area contributed by atoms with Crippen LogP contribution in [-0.2, 0) is 9.57 Å². The first-order valence-corrected chi connectivity index (χ1v) is 10.1. The molecule has 1 N–H and O–H groups in total. The van der Waals surface area contributed by atoms with Gasteiger partial charge in [-0.05, 0) is 75.7 Å². The lowest BCUT2D eigenvalue weighted by Gasteiger charge is -2.20. The fraction of sp³-hybridized carbons (Fsp3) is 0.240. The van der Waals surface area contributed by atoms with Crippen molar-refractivity contribution in [3.63, 3.8) is 0 Å². The van der Waals surface area contributed by atoms with Gasteiger partial charge < -0.3 is 4.74 Å². The number of pyridine rings is 2. The molecule has 0 saturated heterocycles. The molecule has 1 unspecified atom stereocenters. The first-order valence-electron chi connectivity index (χ1n) is 10.1. The van der Waals surface area contributed by atoms with Gasteiger partial charge in [-0.25, -0.2) is 4.79 Å². The van der Waals surface area contributed by atoms with Gasteiger partial charge in [-0.1, -0.05) is 12.1 Å². The average Bonchev–Trinajstić information content (AvgIpc) is 3.24. The molecule has 0 fully saturated rings. The molecule has 158 valence electrons. The molecule has 6 heteroatoms. The molecule has 1 atom stereocenters. The van der Waals surface area contributed by atoms with E-state index in [-0.39, 0.29) is 12.1 Å². The monoisotopic (exact) mass is 415 g/mol. The van der Waals surface area contributed by atoms with E-state index in [9.17, 15) is 4.79 Å². The molecule has 3 heterocycles. The van der Waals surface area contributed by atoms with Crippen molar-refractivity contribution >= 4 is 11.7 Å². The summed E-state index contributed by atoms with van der Waals surface area (Å²) in [7, 11) is 0. The number of ether oxygens (including phenoxy) is 1. The van der Waals surface area contributed by atoms with Crippen LogP contribution in [0.3, 0.4) is 0 Å². The van der Waals surface area contributed by atoms with Gasteiger partial charge in [-0.3, -0.25) is 20.3 Å². The van der Waals surface area contributed by atoms with Crippen LogP contribution < -0.4 is 5.48 Å². The largest absolute Gasteiger partial charge is 0.456 e. The van der Waals surface area contributed by atoms with Crippen molar-refractivity contribution in [1.29, 1.82) is 0 Å². The lowest BCUT2D eigenvalue weighted by molar-refractivity contribution is 0.00694. The predicted molar refractivity (Wildman–Crippen MR) is 119 cm³/mol. The number of carbonyl (C=O) groups excluding carboxylic acids is 1. The fourth-order valence-corrected chi connectivity index (χ4v) is 3.22. The van der Waals surface area contributed by atoms with E-state index in [0.29, 0.717) is 5.56 Å². The molecule has 1 aliphatic heterocycles. The van der Waals surface area contributed by atoms with Gasteiger partial charge in [0.1, 0.15) is 11.7 Å². The van der Waals surface area contributed by atoms with E-state index in [4.69, 9.17) is 9.57 Å². The van der Waals surface area contributed by atoms with Crippen LogP contribution in [-0.4, -0.2) is 21.5 Å². The number of nitrogens with zero attached hydrogens (tertiary/aromatic N) is 2. The van der Waals surface area contributed by atoms with Crippen LogP contribution >= 0.6 is 0 Å². The molecular formula is C25H25N3O3. The number of carbonyl (C=O) groups is 1. The van der Waals surface area contributed by atoms with Crippen molar-refractivity contribution < 1.29 is 14.4 Å². The topological polar surface area (TPSA) is 73.3 Å². The summed E-state index contributed by atoms with van der Waals surface area (Å²) in [6.07, 6.45) is 5.17. The predicted octanol–water partition coefficient (Wildman–Crippen LogP) is 5.02. The van der Waals surface area contributed by atoms with Crippen LogP contribution in [0.2, 0.25) is 0 Å². The Labute approximate surface area is 181 Å². The third-order valence-electron chi connectivity index (χ3n) is 4.68. The van der Waals surface area contributed by atoms with E-state index in [1.165, 1.54) is 0 Å². The molecular weight excluding hydrogens is 390 g/mol. The Morgan fingerprint density at radius 2 is 1.87 bits per heavy atom. The molecule has 2 aromatic heterocycles. The number of rotatable bonds is 4. The molecule has 0 radical (unpaired) electrons. The minimum atomic E-state index is -0.590. The molecule has 0 spiro atoms. The molecule has 31 heavy (non-hydrogen) atoms. The van der Waals surface area contributed by atoms with Gasteiger partial charge in [0.25, 0.3) is 0 Å². The Bertz CT molecular complexity index is 1120. The molecule has 0 saturated carbocycles. The number of esters is 1. The van der Waals surface area contributed by atoms with E-state index in [1.54, 1.807) is 12.3 Å². The van der Waals surface area contributed by atoms with Crippen molar-refractivity contribution in [2.45, 2.75) is 39.4 Å². The molecule has 0 bridgehead atoms. The van der Waals surface area contributed by atoms with E-state index in [1.807, 2.05) is 82.4 Å². The molecule has 0 aliphatic carbocycles. The highest BCUT2D eigenvalue weighted by Crippen LogP contribution is 2.31. The minimum absolute atomic E-state index is 0.317. The van der Waals surface area contributed by atoms with E-state index in [0.717, 1.165) is 33.8 Å². The average molecular weight is 415 g/mol. The number of hydrogen-bond acceptors (Lipinski definition) is 6. The van der Waals surface area contributed by atoms with Gasteiger partial charge >= 0.3 is 5.97 Å². The Morgan fingerprint density at radius 3 is 2.55 bits per heavy atom. The summed E-state index contributed by atoms with van der Waals surface area (Å²) in [5.74, 6) is -0.386. The second-order valence-corrected chi connectivity index (χ2v) is 8.50. The van der Waals surface area contributed by atoms with Gasteiger partial charge in [-0.15, -0.1) is 0 Å². The summed E-state index contributed by atoms with van der Waals surface area (Å²) >= 11 is 0. The Balaban J connectivity index is 1.74. The van der Waals surface area contributed by atoms with Crippen molar-refractivity contribution in [2.24, 2.45) is 0 Å². The normalized spacial score (nSPS) is 15.9. The maximum atomic E-state index is 12.8. The summed E-state index contributed by atoms with van der Waals surface area (Å²) in [6.45, 7) is 7.54. The van der Waals surface area contributed by atoms with E-state index < -0.39 is 5.60 Å². The van der Waals surface area contributed by atoms with Crippen LogP contribution in [0.5, 0.6) is 0 Å². The molecule has 0 amide bonds. The first kappa shape index (κ1) is 20.8. The van der Waals surface area contributed by atoms with Gasteiger partial charge in [0.15, 0.2) is 0 Å². The zero-order valence-electron chi connectivity index (χ0n) is 18.0. The fourth-order valence-electron chi connectivity index (χ4n) is 3.22. The van der Waals surface area contributed by atoms with Gasteiger partial charge in [0.05, 0.1) is 22.6 Å².